The lowest BCUT2D eigenvalue weighted by molar-refractivity contribution is 0.0664. The van der Waals surface area contributed by atoms with Crippen LogP contribution in [0.5, 0.6) is 5.75 Å². The Hall–Kier alpha value is -2.48. The largest absolute Gasteiger partial charge is 0.497 e. The van der Waals surface area contributed by atoms with Gasteiger partial charge in [0.1, 0.15) is 5.75 Å². The second kappa shape index (κ2) is 10.4. The van der Waals surface area contributed by atoms with Crippen LogP contribution >= 0.6 is 11.6 Å². The Bertz CT molecular complexity index is 980. The highest BCUT2D eigenvalue weighted by Crippen LogP contribution is 2.28. The van der Waals surface area contributed by atoms with Crippen LogP contribution in [-0.2, 0) is 13.1 Å². The lowest BCUT2D eigenvalue weighted by Crippen LogP contribution is -2.48. The minimum atomic E-state index is 0.181. The summed E-state index contributed by atoms with van der Waals surface area (Å²) in [6.45, 7) is 10.1. The number of piperazine rings is 1. The van der Waals surface area contributed by atoms with E-state index in [0.29, 0.717) is 12.5 Å². The molecule has 0 N–H and O–H groups in total. The first-order valence-corrected chi connectivity index (χ1v) is 11.5. The molecular formula is C24H31ClN6O. The van der Waals surface area contributed by atoms with Crippen molar-refractivity contribution in [2.24, 2.45) is 5.92 Å². The molecule has 4 rings (SSSR count). The van der Waals surface area contributed by atoms with Gasteiger partial charge in [-0.2, -0.15) is 0 Å². The average molecular weight is 455 g/mol. The van der Waals surface area contributed by atoms with Crippen molar-refractivity contribution in [1.29, 1.82) is 0 Å². The zero-order valence-electron chi connectivity index (χ0n) is 19.0. The normalized spacial score (nSPS) is 16.4. The summed E-state index contributed by atoms with van der Waals surface area (Å²) >= 11 is 6.02. The summed E-state index contributed by atoms with van der Waals surface area (Å²) < 4.78 is 7.20. The summed E-state index contributed by atoms with van der Waals surface area (Å²) in [4.78, 5) is 5.02. The van der Waals surface area contributed by atoms with Crippen LogP contribution in [0.3, 0.4) is 0 Å². The fourth-order valence-corrected chi connectivity index (χ4v) is 4.50. The maximum Gasteiger partial charge on any atom is 0.169 e. The van der Waals surface area contributed by atoms with Gasteiger partial charge in [0.15, 0.2) is 5.82 Å². The number of rotatable bonds is 8. The molecule has 0 radical (unpaired) electrons. The van der Waals surface area contributed by atoms with Gasteiger partial charge in [0.2, 0.25) is 0 Å². The van der Waals surface area contributed by atoms with Gasteiger partial charge in [-0.15, -0.1) is 5.10 Å². The summed E-state index contributed by atoms with van der Waals surface area (Å²) in [7, 11) is 1.68. The van der Waals surface area contributed by atoms with E-state index in [-0.39, 0.29) is 6.04 Å². The molecule has 0 aliphatic carbocycles. The number of halogens is 1. The molecular weight excluding hydrogens is 424 g/mol. The third-order valence-electron chi connectivity index (χ3n) is 6.07. The monoisotopic (exact) mass is 454 g/mol. The van der Waals surface area contributed by atoms with Crippen molar-refractivity contribution in [3.05, 3.63) is 70.5 Å². The summed E-state index contributed by atoms with van der Waals surface area (Å²) in [5.41, 5.74) is 2.45. The maximum absolute atomic E-state index is 6.02. The van der Waals surface area contributed by atoms with E-state index in [1.165, 1.54) is 5.56 Å². The van der Waals surface area contributed by atoms with Crippen LogP contribution in [0, 0.1) is 5.92 Å². The second-order valence-electron chi connectivity index (χ2n) is 8.67. The van der Waals surface area contributed by atoms with Crippen LogP contribution in [0.2, 0.25) is 5.02 Å². The van der Waals surface area contributed by atoms with Gasteiger partial charge in [-0.05, 0) is 51.7 Å². The maximum atomic E-state index is 6.02. The van der Waals surface area contributed by atoms with Crippen LogP contribution in [0.15, 0.2) is 48.5 Å². The number of benzene rings is 2. The molecule has 0 bridgehead atoms. The van der Waals surface area contributed by atoms with Crippen molar-refractivity contribution in [3.63, 3.8) is 0 Å². The molecule has 1 saturated heterocycles. The minimum Gasteiger partial charge on any atom is -0.497 e. The van der Waals surface area contributed by atoms with Gasteiger partial charge in [0.25, 0.3) is 0 Å². The molecule has 7 nitrogen and oxygen atoms in total. The molecule has 0 amide bonds. The fraction of sp³-hybridized carbons (Fsp3) is 0.458. The van der Waals surface area contributed by atoms with Gasteiger partial charge >= 0.3 is 0 Å². The lowest BCUT2D eigenvalue weighted by atomic mass is 10.0. The Morgan fingerprint density at radius 3 is 2.16 bits per heavy atom. The van der Waals surface area contributed by atoms with Crippen LogP contribution < -0.4 is 4.74 Å². The second-order valence-corrected chi connectivity index (χ2v) is 9.11. The number of nitrogens with zero attached hydrogens (tertiary/aromatic N) is 6. The van der Waals surface area contributed by atoms with Crippen molar-refractivity contribution in [1.82, 2.24) is 30.0 Å². The lowest BCUT2D eigenvalue weighted by Gasteiger charge is -2.40. The summed E-state index contributed by atoms with van der Waals surface area (Å²) in [6, 6.07) is 16.4. The number of methoxy groups -OCH3 is 1. The van der Waals surface area contributed by atoms with Crippen molar-refractivity contribution >= 4 is 11.6 Å². The molecule has 1 aromatic heterocycles. The van der Waals surface area contributed by atoms with Crippen LogP contribution in [0.25, 0.3) is 0 Å². The van der Waals surface area contributed by atoms with Gasteiger partial charge < -0.3 is 4.74 Å². The minimum absolute atomic E-state index is 0.181. The third-order valence-corrected chi connectivity index (χ3v) is 6.32. The molecule has 1 atom stereocenters. The Kier molecular flexibility index (Phi) is 7.40. The van der Waals surface area contributed by atoms with E-state index in [1.807, 2.05) is 28.9 Å². The zero-order valence-corrected chi connectivity index (χ0v) is 19.7. The molecule has 32 heavy (non-hydrogen) atoms. The van der Waals surface area contributed by atoms with Crippen molar-refractivity contribution < 1.29 is 4.74 Å². The molecule has 0 spiro atoms. The van der Waals surface area contributed by atoms with E-state index in [0.717, 1.165) is 54.9 Å². The summed E-state index contributed by atoms with van der Waals surface area (Å²) in [5.74, 6) is 2.18. The van der Waals surface area contributed by atoms with Gasteiger partial charge in [-0.3, -0.25) is 9.80 Å². The number of tetrazole rings is 1. The van der Waals surface area contributed by atoms with E-state index >= 15 is 0 Å². The number of hydrogen-bond acceptors (Lipinski definition) is 6. The van der Waals surface area contributed by atoms with E-state index in [4.69, 9.17) is 16.3 Å². The van der Waals surface area contributed by atoms with Crippen LogP contribution in [0.4, 0.5) is 0 Å². The summed E-state index contributed by atoms with van der Waals surface area (Å²) in [6.07, 6.45) is 0. The predicted octanol–water partition coefficient (Wildman–Crippen LogP) is 3.90. The predicted molar refractivity (Wildman–Crippen MR) is 126 cm³/mol. The molecule has 0 saturated carbocycles. The van der Waals surface area contributed by atoms with E-state index in [2.05, 4.69) is 63.4 Å². The molecule has 1 aliphatic rings. The fourth-order valence-electron chi connectivity index (χ4n) is 4.37. The zero-order chi connectivity index (χ0) is 22.5. The molecule has 8 heteroatoms. The molecule has 1 unspecified atom stereocenters. The van der Waals surface area contributed by atoms with E-state index < -0.39 is 0 Å². The Morgan fingerprint density at radius 1 is 0.906 bits per heavy atom. The number of hydrogen-bond donors (Lipinski definition) is 0. The van der Waals surface area contributed by atoms with Gasteiger partial charge in [-0.25, -0.2) is 4.68 Å². The van der Waals surface area contributed by atoms with Gasteiger partial charge in [-0.1, -0.05) is 49.7 Å². The average Bonchev–Trinajstić information content (AvgIpc) is 3.24. The third kappa shape index (κ3) is 5.46. The quantitative estimate of drug-likeness (QED) is 0.514. The Morgan fingerprint density at radius 2 is 1.53 bits per heavy atom. The summed E-state index contributed by atoms with van der Waals surface area (Å²) in [5, 5.41) is 13.6. The molecule has 3 aromatic rings. The first-order valence-electron chi connectivity index (χ1n) is 11.1. The highest BCUT2D eigenvalue weighted by Gasteiger charge is 2.31. The number of ether oxygens (including phenoxy) is 1. The number of aromatic nitrogens is 4. The smallest absolute Gasteiger partial charge is 0.169 e. The molecule has 1 fully saturated rings. The SMILES string of the molecule is COc1ccc(Cn2nnnc2C(C(C)C)N2CCN(Cc3ccc(Cl)cc3)CC2)cc1. The Labute approximate surface area is 194 Å². The standard InChI is InChI=1S/C24H31ClN6O/c1-18(2)23(24-26-27-28-31(24)17-20-6-10-22(32-3)11-7-20)30-14-12-29(13-15-30)16-19-4-8-21(25)9-5-19/h4-11,18,23H,12-17H2,1-3H3. The Balaban J connectivity index is 1.42. The van der Waals surface area contributed by atoms with Gasteiger partial charge in [0, 0.05) is 37.7 Å². The van der Waals surface area contributed by atoms with Crippen molar-refractivity contribution in [2.45, 2.75) is 33.0 Å². The molecule has 2 aromatic carbocycles. The van der Waals surface area contributed by atoms with Crippen LogP contribution in [0.1, 0.15) is 36.8 Å². The van der Waals surface area contributed by atoms with E-state index in [1.54, 1.807) is 7.11 Å². The van der Waals surface area contributed by atoms with Crippen LogP contribution in [-0.4, -0.2) is 63.3 Å². The molecule has 2 heterocycles. The molecule has 1 aliphatic heterocycles. The topological polar surface area (TPSA) is 59.3 Å². The first kappa shape index (κ1) is 22.7. The van der Waals surface area contributed by atoms with Gasteiger partial charge in [0.05, 0.1) is 19.7 Å². The first-order chi connectivity index (χ1) is 15.5. The highest BCUT2D eigenvalue weighted by molar-refractivity contribution is 6.30. The van der Waals surface area contributed by atoms with Crippen molar-refractivity contribution in [3.8, 4) is 5.75 Å². The highest BCUT2D eigenvalue weighted by atomic mass is 35.5. The molecule has 170 valence electrons. The van der Waals surface area contributed by atoms with E-state index in [9.17, 15) is 0 Å². The van der Waals surface area contributed by atoms with Crippen molar-refractivity contribution in [2.75, 3.05) is 33.3 Å².